The van der Waals surface area contributed by atoms with Crippen LogP contribution in [0.3, 0.4) is 0 Å². The molecule has 1 heterocycles. The molecule has 0 spiro atoms. The van der Waals surface area contributed by atoms with E-state index in [9.17, 15) is 9.59 Å². The lowest BCUT2D eigenvalue weighted by Crippen LogP contribution is -2.38. The van der Waals surface area contributed by atoms with Crippen LogP contribution in [-0.2, 0) is 9.59 Å². The van der Waals surface area contributed by atoms with Gasteiger partial charge in [-0.2, -0.15) is 0 Å². The van der Waals surface area contributed by atoms with Gasteiger partial charge >= 0.3 is 5.97 Å². The average Bonchev–Trinajstić information content (AvgIpc) is 2.66. The molecule has 1 aromatic carbocycles. The number of aromatic nitrogens is 1. The minimum absolute atomic E-state index is 0.0439. The number of rotatable bonds is 5. The fraction of sp³-hybridized carbons (Fsp3) is 0.278. The molecule has 1 aromatic heterocycles. The van der Waals surface area contributed by atoms with E-state index < -0.39 is 12.0 Å². The first-order valence-corrected chi connectivity index (χ1v) is 8.49. The summed E-state index contributed by atoms with van der Waals surface area (Å²) in [5.74, 6) is 0.164. The van der Waals surface area contributed by atoms with Crippen molar-refractivity contribution in [3.8, 4) is 5.75 Å². The lowest BCUT2D eigenvalue weighted by atomic mass is 10.1. The standard InChI is InChI=1S/C11H16N2O2.C7H11N5O/c1-7(2)10(13)11(14)15-9-6-4-3-5-8(9)12;8-3-6(13)11-5-2-1-4(9)7(10)12-5/h3-7,10H,12-13H2,1-2H3;1-2H,3,8-9H2,(H3,10,11,12,13). The molecule has 28 heavy (non-hydrogen) atoms. The lowest BCUT2D eigenvalue weighted by Gasteiger charge is -2.14. The Hall–Kier alpha value is -3.37. The van der Waals surface area contributed by atoms with Crippen LogP contribution in [0, 0.1) is 5.92 Å². The highest BCUT2D eigenvalue weighted by molar-refractivity contribution is 5.91. The first kappa shape index (κ1) is 22.7. The third-order valence-electron chi connectivity index (χ3n) is 3.53. The molecule has 0 saturated heterocycles. The zero-order valence-corrected chi connectivity index (χ0v) is 15.9. The highest BCUT2D eigenvalue weighted by Crippen LogP contribution is 2.20. The quantitative estimate of drug-likeness (QED) is 0.236. The Morgan fingerprint density at radius 3 is 2.25 bits per heavy atom. The van der Waals surface area contributed by atoms with Crippen molar-refractivity contribution in [2.75, 3.05) is 29.1 Å². The number of carbonyl (C=O) groups is 2. The molecule has 11 N–H and O–H groups in total. The van der Waals surface area contributed by atoms with Crippen LogP contribution in [0.2, 0.25) is 0 Å². The number of carbonyl (C=O) groups excluding carboxylic acids is 2. The molecule has 1 amide bonds. The van der Waals surface area contributed by atoms with Crippen LogP contribution >= 0.6 is 0 Å². The summed E-state index contributed by atoms with van der Waals surface area (Å²) < 4.78 is 5.08. The molecule has 2 aromatic rings. The van der Waals surface area contributed by atoms with Crippen molar-refractivity contribution < 1.29 is 14.3 Å². The van der Waals surface area contributed by atoms with Crippen LogP contribution in [0.4, 0.5) is 23.0 Å². The summed E-state index contributed by atoms with van der Waals surface area (Å²) in [4.78, 5) is 26.2. The molecule has 10 heteroatoms. The largest absolute Gasteiger partial charge is 0.423 e. The van der Waals surface area contributed by atoms with Gasteiger partial charge in [0.2, 0.25) is 5.91 Å². The van der Waals surface area contributed by atoms with Crippen LogP contribution in [-0.4, -0.2) is 29.4 Å². The Morgan fingerprint density at radius 2 is 1.71 bits per heavy atom. The molecular formula is C18H27N7O3. The minimum atomic E-state index is -0.621. The number of nitrogens with two attached hydrogens (primary N) is 5. The van der Waals surface area contributed by atoms with Gasteiger partial charge in [-0.25, -0.2) is 9.78 Å². The van der Waals surface area contributed by atoms with E-state index in [1.807, 2.05) is 13.8 Å². The van der Waals surface area contributed by atoms with Crippen molar-refractivity contribution in [1.82, 2.24) is 4.98 Å². The lowest BCUT2D eigenvalue weighted by molar-refractivity contribution is -0.136. The topological polar surface area (TPSA) is 198 Å². The zero-order valence-electron chi connectivity index (χ0n) is 15.9. The van der Waals surface area contributed by atoms with Gasteiger partial charge < -0.3 is 38.7 Å². The maximum Gasteiger partial charge on any atom is 0.328 e. The average molecular weight is 389 g/mol. The second kappa shape index (κ2) is 10.7. The van der Waals surface area contributed by atoms with E-state index in [2.05, 4.69) is 10.3 Å². The normalized spacial score (nSPS) is 11.2. The number of benzene rings is 1. The number of ether oxygens (including phenoxy) is 1. The maximum atomic E-state index is 11.5. The number of nitrogen functional groups attached to an aromatic ring is 3. The molecule has 0 aliphatic heterocycles. The molecule has 0 aliphatic rings. The van der Waals surface area contributed by atoms with E-state index >= 15 is 0 Å². The molecule has 0 saturated carbocycles. The van der Waals surface area contributed by atoms with Gasteiger partial charge in [-0.3, -0.25) is 4.79 Å². The summed E-state index contributed by atoms with van der Waals surface area (Å²) in [6, 6.07) is 9.33. The molecule has 0 aliphatic carbocycles. The zero-order chi connectivity index (χ0) is 21.3. The third-order valence-corrected chi connectivity index (χ3v) is 3.53. The Kier molecular flexibility index (Phi) is 8.66. The number of hydrogen-bond donors (Lipinski definition) is 6. The minimum Gasteiger partial charge on any atom is -0.423 e. The first-order valence-electron chi connectivity index (χ1n) is 8.49. The molecule has 0 fully saturated rings. The van der Waals surface area contributed by atoms with E-state index in [4.69, 9.17) is 33.4 Å². The molecule has 1 atom stereocenters. The van der Waals surface area contributed by atoms with Gasteiger partial charge in [0.15, 0.2) is 5.75 Å². The number of hydrogen-bond acceptors (Lipinski definition) is 9. The van der Waals surface area contributed by atoms with Crippen molar-refractivity contribution in [2.24, 2.45) is 17.4 Å². The predicted molar refractivity (Wildman–Crippen MR) is 110 cm³/mol. The smallest absolute Gasteiger partial charge is 0.328 e. The Labute approximate surface area is 163 Å². The fourth-order valence-electron chi connectivity index (χ4n) is 1.77. The molecule has 2 rings (SSSR count). The second-order valence-electron chi connectivity index (χ2n) is 6.15. The summed E-state index contributed by atoms with van der Waals surface area (Å²) >= 11 is 0. The van der Waals surface area contributed by atoms with E-state index in [0.717, 1.165) is 0 Å². The Bertz CT molecular complexity index is 812. The summed E-state index contributed by atoms with van der Waals surface area (Å²) in [7, 11) is 0. The van der Waals surface area contributed by atoms with Crippen molar-refractivity contribution in [2.45, 2.75) is 19.9 Å². The van der Waals surface area contributed by atoms with E-state index in [0.29, 0.717) is 22.9 Å². The van der Waals surface area contributed by atoms with Gasteiger partial charge in [0.25, 0.3) is 0 Å². The Morgan fingerprint density at radius 1 is 1.07 bits per heavy atom. The number of para-hydroxylation sites is 2. The van der Waals surface area contributed by atoms with Crippen molar-refractivity contribution in [3.63, 3.8) is 0 Å². The van der Waals surface area contributed by atoms with Gasteiger partial charge in [0, 0.05) is 0 Å². The summed E-state index contributed by atoms with van der Waals surface area (Å²) in [6.45, 7) is 3.63. The third kappa shape index (κ3) is 7.09. The second-order valence-corrected chi connectivity index (χ2v) is 6.15. The van der Waals surface area contributed by atoms with Crippen molar-refractivity contribution >= 4 is 34.9 Å². The summed E-state index contributed by atoms with van der Waals surface area (Å²) in [5, 5.41) is 2.45. The number of nitrogens with one attached hydrogen (secondary N) is 1. The molecular weight excluding hydrogens is 362 g/mol. The first-order chi connectivity index (χ1) is 13.1. The van der Waals surface area contributed by atoms with Crippen molar-refractivity contribution in [3.05, 3.63) is 36.4 Å². The number of amides is 1. The van der Waals surface area contributed by atoms with Crippen LogP contribution in [0.5, 0.6) is 5.75 Å². The fourth-order valence-corrected chi connectivity index (χ4v) is 1.77. The number of nitrogens with zero attached hydrogens (tertiary/aromatic N) is 1. The van der Waals surface area contributed by atoms with Gasteiger partial charge in [0.1, 0.15) is 17.7 Å². The van der Waals surface area contributed by atoms with Crippen molar-refractivity contribution in [1.29, 1.82) is 0 Å². The highest BCUT2D eigenvalue weighted by atomic mass is 16.5. The number of esters is 1. The number of anilines is 4. The molecule has 152 valence electrons. The van der Waals surface area contributed by atoms with Gasteiger partial charge in [0.05, 0.1) is 17.9 Å². The molecule has 0 bridgehead atoms. The highest BCUT2D eigenvalue weighted by Gasteiger charge is 2.19. The van der Waals surface area contributed by atoms with E-state index in [1.54, 1.807) is 36.4 Å². The van der Waals surface area contributed by atoms with Crippen LogP contribution in [0.15, 0.2) is 36.4 Å². The van der Waals surface area contributed by atoms with Gasteiger partial charge in [-0.15, -0.1) is 0 Å². The van der Waals surface area contributed by atoms with Crippen LogP contribution < -0.4 is 38.7 Å². The molecule has 10 nitrogen and oxygen atoms in total. The maximum absolute atomic E-state index is 11.5. The van der Waals surface area contributed by atoms with Gasteiger partial charge in [-0.1, -0.05) is 26.0 Å². The SMILES string of the molecule is CC(C)C(N)C(=O)Oc1ccccc1N.NCC(=O)Nc1ccc(N)c(N)n1. The molecule has 0 radical (unpaired) electrons. The van der Waals surface area contributed by atoms with E-state index in [1.165, 1.54) is 0 Å². The van der Waals surface area contributed by atoms with Crippen LogP contribution in [0.25, 0.3) is 0 Å². The molecule has 1 unspecified atom stereocenters. The van der Waals surface area contributed by atoms with Crippen LogP contribution in [0.1, 0.15) is 13.8 Å². The summed E-state index contributed by atoms with van der Waals surface area (Å²) in [6.07, 6.45) is 0. The predicted octanol–water partition coefficient (Wildman–Crippen LogP) is 0.301. The van der Waals surface area contributed by atoms with E-state index in [-0.39, 0.29) is 24.2 Å². The monoisotopic (exact) mass is 389 g/mol. The number of pyridine rings is 1. The summed E-state index contributed by atoms with van der Waals surface area (Å²) in [5.41, 5.74) is 28.0. The van der Waals surface area contributed by atoms with Gasteiger partial charge in [-0.05, 0) is 30.2 Å². The Balaban J connectivity index is 0.000000283.